The molecule has 67 heavy (non-hydrogen) atoms. The van der Waals surface area contributed by atoms with E-state index in [1.807, 2.05) is 12.1 Å². The Morgan fingerprint density at radius 3 is 1.07 bits per heavy atom. The van der Waals surface area contributed by atoms with Crippen LogP contribution in [-0.4, -0.2) is 18.7 Å². The number of hydrogen-bond donors (Lipinski definition) is 0. The maximum Gasteiger partial charge on any atom is 0.165 e. The quantitative estimate of drug-likeness (QED) is 0.173. The second kappa shape index (κ2) is 14.3. The lowest BCUT2D eigenvalue weighted by atomic mass is 9.96. The number of nitrogens with zero attached hydrogens (tertiary/aromatic N) is 5. The van der Waals surface area contributed by atoms with Crippen LogP contribution in [0.15, 0.2) is 212 Å². The molecule has 9 aromatic carbocycles. The zero-order valence-corrected chi connectivity index (χ0v) is 36.9. The predicted molar refractivity (Wildman–Crippen MR) is 277 cm³/mol. The van der Waals surface area contributed by atoms with Gasteiger partial charge in [-0.25, -0.2) is 4.98 Å². The molecule has 13 aromatic rings. The van der Waals surface area contributed by atoms with E-state index in [0.29, 0.717) is 0 Å². The zero-order valence-electron chi connectivity index (χ0n) is 36.9. The Bertz CT molecular complexity index is 3960. The lowest BCUT2D eigenvalue weighted by Gasteiger charge is -2.35. The monoisotopic (exact) mass is 859 g/mol. The van der Waals surface area contributed by atoms with Gasteiger partial charge in [0.2, 0.25) is 0 Å². The van der Waals surface area contributed by atoms with Crippen LogP contribution in [0.2, 0.25) is 0 Å². The SMILES string of the molecule is Cc1cc(C)cc(-c2c(-n3c4ccccc4c4ccccc43)c(N3c4ccccc4Oc4ccccc43)nc(-n3c4ccccc4c4ccccc43)c2-n2c3ccccc3c3ccccc32)c1. The minimum absolute atomic E-state index is 0.758. The van der Waals surface area contributed by atoms with E-state index in [2.05, 4.69) is 233 Å². The van der Waals surface area contributed by atoms with Crippen molar-refractivity contribution in [2.24, 2.45) is 0 Å². The molecule has 316 valence electrons. The van der Waals surface area contributed by atoms with Crippen LogP contribution in [0.4, 0.5) is 17.2 Å². The number of rotatable bonds is 5. The van der Waals surface area contributed by atoms with Crippen LogP contribution in [0, 0.1) is 13.8 Å². The van der Waals surface area contributed by atoms with Crippen LogP contribution in [0.5, 0.6) is 11.5 Å². The topological polar surface area (TPSA) is 40.1 Å². The summed E-state index contributed by atoms with van der Waals surface area (Å²) in [5.41, 5.74) is 14.7. The summed E-state index contributed by atoms with van der Waals surface area (Å²) in [5, 5.41) is 7.02. The third-order valence-corrected chi connectivity index (χ3v) is 13.7. The van der Waals surface area contributed by atoms with Gasteiger partial charge in [-0.3, -0.25) is 9.47 Å². The van der Waals surface area contributed by atoms with Crippen LogP contribution < -0.4 is 9.64 Å². The Kier molecular flexibility index (Phi) is 8.01. The minimum Gasteiger partial charge on any atom is -0.453 e. The second-order valence-electron chi connectivity index (χ2n) is 17.7. The molecule has 0 amide bonds. The molecule has 0 spiro atoms. The molecule has 0 saturated carbocycles. The normalized spacial score (nSPS) is 12.4. The molecule has 0 N–H and O–H groups in total. The minimum atomic E-state index is 0.758. The number of fused-ring (bicyclic) bond motifs is 11. The molecule has 14 rings (SSSR count). The third-order valence-electron chi connectivity index (χ3n) is 13.7. The van der Waals surface area contributed by atoms with E-state index in [4.69, 9.17) is 9.72 Å². The van der Waals surface area contributed by atoms with Gasteiger partial charge in [0.1, 0.15) is 11.4 Å². The van der Waals surface area contributed by atoms with E-state index in [1.165, 1.54) is 32.7 Å². The van der Waals surface area contributed by atoms with Crippen molar-refractivity contribution in [2.75, 3.05) is 4.90 Å². The molecule has 0 bridgehead atoms. The predicted octanol–water partition coefficient (Wildman–Crippen LogP) is 16.2. The fourth-order valence-corrected chi connectivity index (χ4v) is 11.1. The molecule has 0 fully saturated rings. The average molecular weight is 860 g/mol. The number of pyridine rings is 1. The van der Waals surface area contributed by atoms with Crippen molar-refractivity contribution < 1.29 is 4.74 Å². The standard InChI is InChI=1S/C61H41N5O/c1-38-35-39(2)37-40(36-38)57-58(63-47-25-9-3-19-41(47)42-20-4-10-26-48(42)63)60(65-51-29-13-7-23-45(51)46-24-8-14-30-52(46)65)62-61(66-53-31-15-17-33-55(53)67-56-34-18-16-32-54(56)66)59(57)64-49-27-11-5-21-43(49)44-22-6-12-28-50(44)64/h3-37H,1-2H3. The van der Waals surface area contributed by atoms with Gasteiger partial charge < -0.3 is 13.9 Å². The molecule has 6 nitrogen and oxygen atoms in total. The van der Waals surface area contributed by atoms with Gasteiger partial charge in [-0.2, -0.15) is 0 Å². The molecule has 0 unspecified atom stereocenters. The summed E-state index contributed by atoms with van der Waals surface area (Å²) in [6.07, 6.45) is 0. The average Bonchev–Trinajstić information content (AvgIpc) is 4.00. The molecule has 0 saturated heterocycles. The largest absolute Gasteiger partial charge is 0.453 e. The number of aromatic nitrogens is 4. The van der Waals surface area contributed by atoms with Gasteiger partial charge in [-0.1, -0.05) is 163 Å². The first-order valence-electron chi connectivity index (χ1n) is 22.9. The molecular weight excluding hydrogens is 819 g/mol. The Morgan fingerprint density at radius 2 is 0.672 bits per heavy atom. The Hall–Kier alpha value is -8.87. The summed E-state index contributed by atoms with van der Waals surface area (Å²) in [7, 11) is 0. The summed E-state index contributed by atoms with van der Waals surface area (Å²) < 4.78 is 14.1. The van der Waals surface area contributed by atoms with E-state index in [-0.39, 0.29) is 0 Å². The van der Waals surface area contributed by atoms with Crippen molar-refractivity contribution in [3.05, 3.63) is 223 Å². The first kappa shape index (κ1) is 37.5. The molecule has 0 aliphatic carbocycles. The number of ether oxygens (including phenoxy) is 1. The molecular formula is C61H41N5O. The van der Waals surface area contributed by atoms with Gasteiger partial charge in [-0.05, 0) is 80.1 Å². The van der Waals surface area contributed by atoms with Crippen molar-refractivity contribution in [3.63, 3.8) is 0 Å². The van der Waals surface area contributed by atoms with Gasteiger partial charge in [0.05, 0.1) is 44.5 Å². The highest BCUT2D eigenvalue weighted by atomic mass is 16.5. The molecule has 5 heterocycles. The van der Waals surface area contributed by atoms with E-state index < -0.39 is 0 Å². The van der Waals surface area contributed by atoms with E-state index in [1.54, 1.807) is 0 Å². The number of para-hydroxylation sites is 10. The molecule has 1 aliphatic rings. The molecule has 0 radical (unpaired) electrons. The van der Waals surface area contributed by atoms with Crippen molar-refractivity contribution in [2.45, 2.75) is 13.8 Å². The maximum absolute atomic E-state index is 6.76. The van der Waals surface area contributed by atoms with Crippen LogP contribution in [-0.2, 0) is 0 Å². The van der Waals surface area contributed by atoms with Crippen molar-refractivity contribution in [1.29, 1.82) is 0 Å². The molecule has 4 aromatic heterocycles. The summed E-state index contributed by atoms with van der Waals surface area (Å²) in [4.78, 5) is 8.64. The number of benzene rings is 9. The molecule has 1 aliphatic heterocycles. The number of hydrogen-bond acceptors (Lipinski definition) is 3. The highest BCUT2D eigenvalue weighted by molar-refractivity contribution is 6.15. The van der Waals surface area contributed by atoms with Crippen molar-refractivity contribution in [1.82, 2.24) is 18.7 Å². The molecule has 0 atom stereocenters. The smallest absolute Gasteiger partial charge is 0.165 e. The lowest BCUT2D eigenvalue weighted by Crippen LogP contribution is -2.22. The number of anilines is 3. The highest BCUT2D eigenvalue weighted by Crippen LogP contribution is 2.55. The van der Waals surface area contributed by atoms with Gasteiger partial charge in [0.15, 0.2) is 23.1 Å². The zero-order chi connectivity index (χ0) is 44.3. The van der Waals surface area contributed by atoms with Crippen LogP contribution in [0.25, 0.3) is 93.7 Å². The van der Waals surface area contributed by atoms with Gasteiger partial charge >= 0.3 is 0 Å². The summed E-state index contributed by atoms with van der Waals surface area (Å²) in [5.74, 6) is 3.09. The van der Waals surface area contributed by atoms with Crippen molar-refractivity contribution >= 4 is 82.6 Å². The van der Waals surface area contributed by atoms with E-state index in [9.17, 15) is 0 Å². The second-order valence-corrected chi connectivity index (χ2v) is 17.7. The fraction of sp³-hybridized carbons (Fsp3) is 0.0328. The summed E-state index contributed by atoms with van der Waals surface area (Å²) in [6, 6.07) is 76.5. The van der Waals surface area contributed by atoms with E-state index in [0.717, 1.165) is 101 Å². The Labute approximate surface area is 386 Å². The first-order chi connectivity index (χ1) is 33.1. The Morgan fingerprint density at radius 1 is 0.343 bits per heavy atom. The first-order valence-corrected chi connectivity index (χ1v) is 22.9. The summed E-state index contributed by atoms with van der Waals surface area (Å²) in [6.45, 7) is 4.42. The maximum atomic E-state index is 6.76. The summed E-state index contributed by atoms with van der Waals surface area (Å²) >= 11 is 0. The third kappa shape index (κ3) is 5.41. The van der Waals surface area contributed by atoms with Gasteiger partial charge in [0, 0.05) is 37.9 Å². The molecule has 6 heteroatoms. The fourth-order valence-electron chi connectivity index (χ4n) is 11.1. The number of aryl methyl sites for hydroxylation is 2. The van der Waals surface area contributed by atoms with Crippen LogP contribution in [0.3, 0.4) is 0 Å². The van der Waals surface area contributed by atoms with Gasteiger partial charge in [-0.15, -0.1) is 0 Å². The lowest BCUT2D eigenvalue weighted by molar-refractivity contribution is 0.476. The highest BCUT2D eigenvalue weighted by Gasteiger charge is 2.36. The van der Waals surface area contributed by atoms with Gasteiger partial charge in [0.25, 0.3) is 0 Å². The Balaban J connectivity index is 1.32. The van der Waals surface area contributed by atoms with Crippen molar-refractivity contribution in [3.8, 4) is 39.8 Å². The van der Waals surface area contributed by atoms with Crippen LogP contribution in [0.1, 0.15) is 11.1 Å². The van der Waals surface area contributed by atoms with Crippen LogP contribution >= 0.6 is 0 Å². The van der Waals surface area contributed by atoms with E-state index >= 15 is 0 Å².